The van der Waals surface area contributed by atoms with Gasteiger partial charge in [-0.25, -0.2) is 0 Å². The summed E-state index contributed by atoms with van der Waals surface area (Å²) in [6.07, 6.45) is 3.71. The number of aromatic nitrogens is 2. The molecule has 2 aromatic carbocycles. The van der Waals surface area contributed by atoms with E-state index >= 15 is 0 Å². The van der Waals surface area contributed by atoms with Crippen molar-refractivity contribution in [2.75, 3.05) is 13.7 Å². The molecule has 30 heavy (non-hydrogen) atoms. The fourth-order valence-corrected chi connectivity index (χ4v) is 4.01. The summed E-state index contributed by atoms with van der Waals surface area (Å²) >= 11 is 3.57. The van der Waals surface area contributed by atoms with Gasteiger partial charge in [-0.2, -0.15) is 5.10 Å². The van der Waals surface area contributed by atoms with Gasteiger partial charge in [0.15, 0.2) is 0 Å². The van der Waals surface area contributed by atoms with Crippen LogP contribution in [0, 0.1) is 0 Å². The van der Waals surface area contributed by atoms with E-state index in [1.165, 1.54) is 6.42 Å². The maximum Gasteiger partial charge on any atom is 0.310 e. The number of fused-ring (bicyclic) bond motifs is 1. The maximum atomic E-state index is 12.0. The van der Waals surface area contributed by atoms with Crippen LogP contribution in [0.15, 0.2) is 40.9 Å². The molecule has 0 unspecified atom stereocenters. The van der Waals surface area contributed by atoms with E-state index in [9.17, 15) is 4.79 Å². The molecule has 0 amide bonds. The minimum Gasteiger partial charge on any atom is -0.497 e. The van der Waals surface area contributed by atoms with E-state index in [0.29, 0.717) is 30.8 Å². The number of hydrogen-bond donors (Lipinski definition) is 0. The average Bonchev–Trinajstić information content (AvgIpc) is 3.03. The zero-order valence-corrected chi connectivity index (χ0v) is 18.8. The van der Waals surface area contributed by atoms with Crippen molar-refractivity contribution in [3.63, 3.8) is 0 Å². The molecule has 1 heterocycles. The van der Waals surface area contributed by atoms with E-state index in [-0.39, 0.29) is 12.4 Å². The van der Waals surface area contributed by atoms with Gasteiger partial charge in [-0.15, -0.1) is 0 Å². The summed E-state index contributed by atoms with van der Waals surface area (Å²) in [4.78, 5) is 12.0. The molecule has 3 aromatic rings. The molecule has 6 nitrogen and oxygen atoms in total. The third kappa shape index (κ3) is 4.31. The molecular formula is C23H25BrN2O4. The zero-order chi connectivity index (χ0) is 21.1. The normalized spacial score (nSPS) is 13.8. The van der Waals surface area contributed by atoms with Crippen molar-refractivity contribution in [2.24, 2.45) is 0 Å². The molecule has 0 N–H and O–H groups in total. The highest BCUT2D eigenvalue weighted by Gasteiger charge is 2.24. The predicted octanol–water partition coefficient (Wildman–Crippen LogP) is 5.22. The number of carbonyl (C=O) groups excluding carboxylic acids is 1. The van der Waals surface area contributed by atoms with E-state index in [2.05, 4.69) is 32.7 Å². The fraction of sp³-hybridized carbons (Fsp3) is 0.391. The van der Waals surface area contributed by atoms with Crippen molar-refractivity contribution in [3.8, 4) is 11.5 Å². The van der Waals surface area contributed by atoms with Gasteiger partial charge < -0.3 is 14.2 Å². The number of ether oxygens (including phenoxy) is 3. The van der Waals surface area contributed by atoms with E-state index in [1.54, 1.807) is 20.1 Å². The second-order valence-corrected chi connectivity index (χ2v) is 8.30. The van der Waals surface area contributed by atoms with Gasteiger partial charge in [-0.05, 0) is 50.5 Å². The van der Waals surface area contributed by atoms with Gasteiger partial charge in [0.2, 0.25) is 0 Å². The lowest BCUT2D eigenvalue weighted by molar-refractivity contribution is -0.142. The van der Waals surface area contributed by atoms with Crippen LogP contribution in [-0.4, -0.2) is 29.5 Å². The van der Waals surface area contributed by atoms with Crippen molar-refractivity contribution in [1.82, 2.24) is 9.78 Å². The first kappa shape index (κ1) is 20.7. The van der Waals surface area contributed by atoms with Gasteiger partial charge in [0, 0.05) is 21.5 Å². The van der Waals surface area contributed by atoms with Crippen LogP contribution in [-0.2, 0) is 22.6 Å². The summed E-state index contributed by atoms with van der Waals surface area (Å²) in [5.74, 6) is 0.991. The standard InChI is InChI=1S/C23H25BrN2O4/c1-3-29-23(27)11-15-7-9-18(28-2)13-22(15)30-14-20-19-12-16(24)8-10-21(19)26(25-20)17-5-4-6-17/h7-10,12-13,17H,3-6,11,14H2,1-2H3. The molecule has 158 valence electrons. The molecule has 0 bridgehead atoms. The van der Waals surface area contributed by atoms with Crippen LogP contribution < -0.4 is 9.47 Å². The van der Waals surface area contributed by atoms with Gasteiger partial charge in [0.05, 0.1) is 31.7 Å². The van der Waals surface area contributed by atoms with Gasteiger partial charge in [-0.3, -0.25) is 9.48 Å². The molecule has 0 aliphatic heterocycles. The Hall–Kier alpha value is -2.54. The summed E-state index contributed by atoms with van der Waals surface area (Å²) in [6, 6.07) is 12.1. The van der Waals surface area contributed by atoms with Gasteiger partial charge in [-0.1, -0.05) is 22.0 Å². The molecule has 0 spiro atoms. The van der Waals surface area contributed by atoms with Crippen LogP contribution in [0.5, 0.6) is 11.5 Å². The lowest BCUT2D eigenvalue weighted by Gasteiger charge is -2.26. The van der Waals surface area contributed by atoms with Crippen LogP contribution in [0.4, 0.5) is 0 Å². The van der Waals surface area contributed by atoms with Crippen molar-refractivity contribution in [2.45, 2.75) is 45.3 Å². The molecule has 4 rings (SSSR count). The van der Waals surface area contributed by atoms with Crippen LogP contribution in [0.1, 0.15) is 43.5 Å². The average molecular weight is 473 g/mol. The van der Waals surface area contributed by atoms with Crippen molar-refractivity contribution >= 4 is 32.8 Å². The minimum absolute atomic E-state index is 0.149. The van der Waals surface area contributed by atoms with Crippen molar-refractivity contribution < 1.29 is 19.0 Å². The molecule has 1 aliphatic carbocycles. The molecule has 7 heteroatoms. The number of halogens is 1. The third-order valence-corrected chi connectivity index (χ3v) is 5.94. The molecule has 1 aliphatic rings. The van der Waals surface area contributed by atoms with Crippen LogP contribution in [0.3, 0.4) is 0 Å². The number of esters is 1. The van der Waals surface area contributed by atoms with Crippen molar-refractivity contribution in [3.05, 3.63) is 52.1 Å². The van der Waals surface area contributed by atoms with Gasteiger partial charge in [0.25, 0.3) is 0 Å². The molecule has 0 atom stereocenters. The van der Waals surface area contributed by atoms with E-state index in [4.69, 9.17) is 19.3 Å². The smallest absolute Gasteiger partial charge is 0.310 e. The zero-order valence-electron chi connectivity index (χ0n) is 17.2. The molecule has 1 fully saturated rings. The van der Waals surface area contributed by atoms with Crippen molar-refractivity contribution in [1.29, 1.82) is 0 Å². The maximum absolute atomic E-state index is 12.0. The Labute approximate surface area is 184 Å². The van der Waals surface area contributed by atoms with E-state index in [0.717, 1.165) is 39.5 Å². The number of benzene rings is 2. The molecule has 1 saturated carbocycles. The Bertz CT molecular complexity index is 1060. The topological polar surface area (TPSA) is 62.6 Å². The minimum atomic E-state index is -0.281. The second-order valence-electron chi connectivity index (χ2n) is 7.38. The van der Waals surface area contributed by atoms with E-state index in [1.807, 2.05) is 18.2 Å². The van der Waals surface area contributed by atoms with E-state index < -0.39 is 0 Å². The number of rotatable bonds is 8. The highest BCUT2D eigenvalue weighted by molar-refractivity contribution is 9.10. The lowest BCUT2D eigenvalue weighted by atomic mass is 9.93. The Kier molecular flexibility index (Phi) is 6.27. The number of carbonyl (C=O) groups is 1. The molecular weight excluding hydrogens is 448 g/mol. The molecule has 0 radical (unpaired) electrons. The first-order valence-corrected chi connectivity index (χ1v) is 11.0. The quantitative estimate of drug-likeness (QED) is 0.420. The number of nitrogens with zero attached hydrogens (tertiary/aromatic N) is 2. The molecule has 0 saturated heterocycles. The van der Waals surface area contributed by atoms with Gasteiger partial charge >= 0.3 is 5.97 Å². The monoisotopic (exact) mass is 472 g/mol. The first-order chi connectivity index (χ1) is 14.6. The largest absolute Gasteiger partial charge is 0.497 e. The molecule has 1 aromatic heterocycles. The number of hydrogen-bond acceptors (Lipinski definition) is 5. The SMILES string of the molecule is CCOC(=O)Cc1ccc(OC)cc1OCc1nn(C2CCC2)c2ccc(Br)cc12. The summed E-state index contributed by atoms with van der Waals surface area (Å²) in [5.41, 5.74) is 2.76. The predicted molar refractivity (Wildman–Crippen MR) is 118 cm³/mol. The Morgan fingerprint density at radius 2 is 2.07 bits per heavy atom. The van der Waals surface area contributed by atoms with Crippen LogP contribution >= 0.6 is 15.9 Å². The van der Waals surface area contributed by atoms with Gasteiger partial charge in [0.1, 0.15) is 23.8 Å². The Balaban J connectivity index is 1.62. The fourth-order valence-electron chi connectivity index (χ4n) is 3.65. The summed E-state index contributed by atoms with van der Waals surface area (Å²) in [6.45, 7) is 2.45. The Morgan fingerprint density at radius 1 is 1.23 bits per heavy atom. The van der Waals surface area contributed by atoms with Crippen LogP contribution in [0.2, 0.25) is 0 Å². The first-order valence-electron chi connectivity index (χ1n) is 10.2. The summed E-state index contributed by atoms with van der Waals surface area (Å²) in [5, 5.41) is 5.95. The highest BCUT2D eigenvalue weighted by Crippen LogP contribution is 2.36. The Morgan fingerprint density at radius 3 is 2.77 bits per heavy atom. The second kappa shape index (κ2) is 9.08. The van der Waals surface area contributed by atoms with Crippen LogP contribution in [0.25, 0.3) is 10.9 Å². The lowest BCUT2D eigenvalue weighted by Crippen LogP contribution is -2.18. The third-order valence-electron chi connectivity index (χ3n) is 5.44. The highest BCUT2D eigenvalue weighted by atomic mass is 79.9. The summed E-state index contributed by atoms with van der Waals surface area (Å²) in [7, 11) is 1.61. The number of methoxy groups -OCH3 is 1. The summed E-state index contributed by atoms with van der Waals surface area (Å²) < 4.78 is 19.7.